The fourth-order valence-corrected chi connectivity index (χ4v) is 1.55. The van der Waals surface area contributed by atoms with Crippen molar-refractivity contribution in [2.75, 3.05) is 19.6 Å². The molecule has 1 heterocycles. The van der Waals surface area contributed by atoms with E-state index in [1.54, 1.807) is 0 Å². The Morgan fingerprint density at radius 1 is 1.67 bits per heavy atom. The summed E-state index contributed by atoms with van der Waals surface area (Å²) in [4.78, 5) is 12.2. The normalized spacial score (nSPS) is 31.8. The third kappa shape index (κ3) is 2.46. The summed E-state index contributed by atoms with van der Waals surface area (Å²) >= 11 is 0. The van der Waals surface area contributed by atoms with E-state index >= 15 is 0 Å². The van der Waals surface area contributed by atoms with Gasteiger partial charge in [0.15, 0.2) is 0 Å². The van der Waals surface area contributed by atoms with Gasteiger partial charge in [-0.2, -0.15) is 0 Å². The first kappa shape index (κ1) is 9.48. The van der Waals surface area contributed by atoms with Crippen LogP contribution in [0.25, 0.3) is 0 Å². The number of rotatable bonds is 2. The van der Waals surface area contributed by atoms with Gasteiger partial charge < -0.3 is 10.2 Å². The second-order valence-electron chi connectivity index (χ2n) is 3.46. The molecule has 2 N–H and O–H groups in total. The number of carboxylic acid groups (broad SMARTS) is 1. The summed E-state index contributed by atoms with van der Waals surface area (Å²) < 4.78 is 0. The van der Waals surface area contributed by atoms with Crippen LogP contribution in [0.2, 0.25) is 0 Å². The van der Waals surface area contributed by atoms with Crippen molar-refractivity contribution in [1.29, 1.82) is 0 Å². The van der Waals surface area contributed by atoms with Gasteiger partial charge in [-0.3, -0.25) is 9.69 Å². The minimum Gasteiger partial charge on any atom is -0.480 e. The molecule has 0 unspecified atom stereocenters. The molecular weight excluding hydrogens is 158 g/mol. The summed E-state index contributed by atoms with van der Waals surface area (Å²) in [5.41, 5.74) is 0. The van der Waals surface area contributed by atoms with Crippen LogP contribution in [0.4, 0.5) is 0 Å². The third-order valence-corrected chi connectivity index (χ3v) is 2.30. The Morgan fingerprint density at radius 3 is 2.83 bits per heavy atom. The van der Waals surface area contributed by atoms with E-state index in [1.807, 2.05) is 11.8 Å². The predicted molar refractivity (Wildman–Crippen MR) is 43.9 cm³/mol. The lowest BCUT2D eigenvalue weighted by atomic mass is 9.97. The summed E-state index contributed by atoms with van der Waals surface area (Å²) in [5, 5.41) is 17.9. The number of aliphatic hydroxyl groups excluding tert-OH is 1. The zero-order valence-electron chi connectivity index (χ0n) is 7.23. The first-order valence-corrected chi connectivity index (χ1v) is 4.22. The van der Waals surface area contributed by atoms with Crippen molar-refractivity contribution in [3.63, 3.8) is 0 Å². The Hall–Kier alpha value is -0.610. The van der Waals surface area contributed by atoms with Crippen LogP contribution in [0.5, 0.6) is 0 Å². The first-order chi connectivity index (χ1) is 5.59. The van der Waals surface area contributed by atoms with Crippen molar-refractivity contribution in [2.45, 2.75) is 19.4 Å². The molecule has 1 saturated heterocycles. The third-order valence-electron chi connectivity index (χ3n) is 2.30. The molecule has 1 aliphatic rings. The van der Waals surface area contributed by atoms with Crippen LogP contribution < -0.4 is 0 Å². The van der Waals surface area contributed by atoms with E-state index < -0.39 is 5.97 Å². The summed E-state index contributed by atoms with van der Waals surface area (Å²) in [7, 11) is 0. The van der Waals surface area contributed by atoms with Gasteiger partial charge in [0, 0.05) is 13.1 Å². The van der Waals surface area contributed by atoms with Crippen molar-refractivity contribution < 1.29 is 15.0 Å². The molecule has 0 bridgehead atoms. The van der Waals surface area contributed by atoms with Gasteiger partial charge in [-0.15, -0.1) is 0 Å². The quantitative estimate of drug-likeness (QED) is 0.605. The van der Waals surface area contributed by atoms with Crippen molar-refractivity contribution in [1.82, 2.24) is 4.90 Å². The maximum absolute atomic E-state index is 10.4. The maximum atomic E-state index is 10.4. The lowest BCUT2D eigenvalue weighted by Crippen LogP contribution is -2.43. The summed E-state index contributed by atoms with van der Waals surface area (Å²) in [6.45, 7) is 3.42. The fraction of sp³-hybridized carbons (Fsp3) is 0.875. The van der Waals surface area contributed by atoms with Crippen LogP contribution >= 0.6 is 0 Å². The number of carbonyl (C=O) groups is 1. The highest BCUT2D eigenvalue weighted by Gasteiger charge is 2.24. The number of aliphatic carboxylic acids is 1. The van der Waals surface area contributed by atoms with E-state index in [0.717, 1.165) is 0 Å². The lowest BCUT2D eigenvalue weighted by Gasteiger charge is -2.33. The van der Waals surface area contributed by atoms with Crippen molar-refractivity contribution in [3.8, 4) is 0 Å². The average Bonchev–Trinajstić information content (AvgIpc) is 1.96. The average molecular weight is 173 g/mol. The number of aliphatic hydroxyl groups is 1. The van der Waals surface area contributed by atoms with E-state index in [4.69, 9.17) is 5.11 Å². The summed E-state index contributed by atoms with van der Waals surface area (Å²) in [6, 6.07) is 0. The van der Waals surface area contributed by atoms with E-state index in [1.165, 1.54) is 0 Å². The first-order valence-electron chi connectivity index (χ1n) is 4.22. The number of likely N-dealkylation sites (tertiary alicyclic amines) is 1. The molecule has 0 amide bonds. The molecule has 4 nitrogen and oxygen atoms in total. The Balaban J connectivity index is 2.35. The van der Waals surface area contributed by atoms with Gasteiger partial charge in [0.05, 0.1) is 12.6 Å². The number of nitrogens with zero attached hydrogens (tertiary/aromatic N) is 1. The highest BCUT2D eigenvalue weighted by molar-refractivity contribution is 5.69. The van der Waals surface area contributed by atoms with E-state index in [2.05, 4.69) is 0 Å². The smallest absolute Gasteiger partial charge is 0.317 e. The molecule has 1 rings (SSSR count). The molecule has 2 atom stereocenters. The van der Waals surface area contributed by atoms with Gasteiger partial charge in [-0.25, -0.2) is 0 Å². The van der Waals surface area contributed by atoms with Gasteiger partial charge in [-0.1, -0.05) is 6.92 Å². The van der Waals surface area contributed by atoms with Crippen LogP contribution in [0.3, 0.4) is 0 Å². The SMILES string of the molecule is C[C@H]1CN(CC(=O)O)CC[C@H]1O. The zero-order valence-corrected chi connectivity index (χ0v) is 7.23. The van der Waals surface area contributed by atoms with Crippen molar-refractivity contribution in [2.24, 2.45) is 5.92 Å². The Morgan fingerprint density at radius 2 is 2.33 bits per heavy atom. The fourth-order valence-electron chi connectivity index (χ4n) is 1.55. The largest absolute Gasteiger partial charge is 0.480 e. The van der Waals surface area contributed by atoms with Crippen molar-refractivity contribution in [3.05, 3.63) is 0 Å². The molecule has 70 valence electrons. The zero-order chi connectivity index (χ0) is 9.14. The van der Waals surface area contributed by atoms with Crippen LogP contribution in [0.1, 0.15) is 13.3 Å². The maximum Gasteiger partial charge on any atom is 0.317 e. The summed E-state index contributed by atoms with van der Waals surface area (Å²) in [6.07, 6.45) is 0.434. The predicted octanol–water partition coefficient (Wildman–Crippen LogP) is -0.226. The second kappa shape index (κ2) is 3.87. The highest BCUT2D eigenvalue weighted by atomic mass is 16.4. The molecule has 0 radical (unpaired) electrons. The van der Waals surface area contributed by atoms with Crippen molar-refractivity contribution >= 4 is 5.97 Å². The molecule has 0 aliphatic carbocycles. The standard InChI is InChI=1S/C8H15NO3/c1-6-4-9(5-8(11)12)3-2-7(6)10/h6-7,10H,2-5H2,1H3,(H,11,12)/t6-,7+/m0/s1. The molecule has 0 aromatic heterocycles. The number of hydrogen-bond donors (Lipinski definition) is 2. The molecule has 1 aliphatic heterocycles. The molecule has 12 heavy (non-hydrogen) atoms. The van der Waals surface area contributed by atoms with Gasteiger partial charge in [-0.05, 0) is 12.3 Å². The minimum atomic E-state index is -0.793. The van der Waals surface area contributed by atoms with Crippen LogP contribution in [0, 0.1) is 5.92 Å². The van der Waals surface area contributed by atoms with Gasteiger partial charge >= 0.3 is 5.97 Å². The molecular formula is C8H15NO3. The topological polar surface area (TPSA) is 60.8 Å². The second-order valence-corrected chi connectivity index (χ2v) is 3.46. The molecule has 0 spiro atoms. The number of piperidine rings is 1. The van der Waals surface area contributed by atoms with E-state index in [9.17, 15) is 9.90 Å². The minimum absolute atomic E-state index is 0.0943. The van der Waals surface area contributed by atoms with Gasteiger partial charge in [0.2, 0.25) is 0 Å². The van der Waals surface area contributed by atoms with Crippen LogP contribution in [-0.2, 0) is 4.79 Å². The van der Waals surface area contributed by atoms with Gasteiger partial charge in [0.25, 0.3) is 0 Å². The monoisotopic (exact) mass is 173 g/mol. The molecule has 0 saturated carbocycles. The van der Waals surface area contributed by atoms with Crippen LogP contribution in [0.15, 0.2) is 0 Å². The summed E-state index contributed by atoms with van der Waals surface area (Å²) in [5.74, 6) is -0.600. The Labute approximate surface area is 71.8 Å². The highest BCUT2D eigenvalue weighted by Crippen LogP contribution is 2.15. The number of carboxylic acids is 1. The molecule has 4 heteroatoms. The molecule has 0 aromatic rings. The molecule has 0 aromatic carbocycles. The van der Waals surface area contributed by atoms with Gasteiger partial charge in [0.1, 0.15) is 0 Å². The number of hydrogen-bond acceptors (Lipinski definition) is 3. The Kier molecular flexibility index (Phi) is 3.05. The van der Waals surface area contributed by atoms with E-state index in [0.29, 0.717) is 19.5 Å². The Bertz CT molecular complexity index is 172. The lowest BCUT2D eigenvalue weighted by molar-refractivity contribution is -0.139. The molecule has 1 fully saturated rings. The van der Waals surface area contributed by atoms with E-state index in [-0.39, 0.29) is 18.6 Å². The van der Waals surface area contributed by atoms with Crippen LogP contribution in [-0.4, -0.2) is 46.8 Å².